The lowest BCUT2D eigenvalue weighted by atomic mass is 9.45. The van der Waals surface area contributed by atoms with E-state index in [1.54, 1.807) is 5.56 Å². The average molecular weight is 258 g/mol. The molecule has 4 saturated carbocycles. The molecular formula is C17H26N2. The molecule has 2 unspecified atom stereocenters. The van der Waals surface area contributed by atoms with Gasteiger partial charge in [0.1, 0.15) is 0 Å². The molecule has 0 spiro atoms. The van der Waals surface area contributed by atoms with Crippen LogP contribution in [0.5, 0.6) is 0 Å². The van der Waals surface area contributed by atoms with Gasteiger partial charge < -0.3 is 10.3 Å². The second-order valence-electron chi connectivity index (χ2n) is 7.92. The Morgan fingerprint density at radius 1 is 1.21 bits per heavy atom. The fraction of sp³-hybridized carbons (Fsp3) is 0.765. The average Bonchev–Trinajstić information content (AvgIpc) is 2.78. The lowest BCUT2D eigenvalue weighted by Crippen LogP contribution is -2.64. The monoisotopic (exact) mass is 258 g/mol. The number of aromatic amines is 1. The number of H-pyrrole nitrogens is 1. The predicted octanol–water partition coefficient (Wildman–Crippen LogP) is 3.60. The smallest absolute Gasteiger partial charge is 0.0197 e. The minimum atomic E-state index is 0.440. The molecule has 0 amide bonds. The van der Waals surface area contributed by atoms with Gasteiger partial charge in [0.15, 0.2) is 0 Å². The van der Waals surface area contributed by atoms with Crippen molar-refractivity contribution in [2.75, 3.05) is 0 Å². The van der Waals surface area contributed by atoms with Crippen molar-refractivity contribution in [3.8, 4) is 0 Å². The van der Waals surface area contributed by atoms with Crippen molar-refractivity contribution in [1.29, 1.82) is 0 Å². The van der Waals surface area contributed by atoms with Crippen molar-refractivity contribution in [1.82, 2.24) is 10.3 Å². The molecule has 5 rings (SSSR count). The van der Waals surface area contributed by atoms with E-state index in [0.717, 1.165) is 11.8 Å². The van der Waals surface area contributed by atoms with Crippen LogP contribution in [0, 0.1) is 11.8 Å². The first-order valence-corrected chi connectivity index (χ1v) is 8.00. The van der Waals surface area contributed by atoms with Gasteiger partial charge in [0.2, 0.25) is 0 Å². The van der Waals surface area contributed by atoms with Crippen LogP contribution in [0.4, 0.5) is 0 Å². The Morgan fingerprint density at radius 3 is 2.53 bits per heavy atom. The Balaban J connectivity index is 1.72. The van der Waals surface area contributed by atoms with Crippen LogP contribution in [0.25, 0.3) is 0 Å². The zero-order chi connectivity index (χ0) is 13.1. The lowest BCUT2D eigenvalue weighted by Gasteiger charge is -2.63. The van der Waals surface area contributed by atoms with Crippen LogP contribution in [-0.2, 0) is 5.41 Å². The number of hydrogen-bond donors (Lipinski definition) is 2. The first kappa shape index (κ1) is 12.0. The van der Waals surface area contributed by atoms with Gasteiger partial charge in [-0.2, -0.15) is 0 Å². The van der Waals surface area contributed by atoms with Gasteiger partial charge in [-0.15, -0.1) is 0 Å². The molecule has 1 aromatic heterocycles. The van der Waals surface area contributed by atoms with Crippen LogP contribution in [-0.4, -0.2) is 16.6 Å². The van der Waals surface area contributed by atoms with Crippen LogP contribution in [0.15, 0.2) is 18.5 Å². The summed E-state index contributed by atoms with van der Waals surface area (Å²) in [5.74, 6) is 1.92. The Labute approximate surface area is 116 Å². The van der Waals surface area contributed by atoms with Crippen molar-refractivity contribution in [2.45, 2.75) is 69.4 Å². The summed E-state index contributed by atoms with van der Waals surface area (Å²) < 4.78 is 0. The van der Waals surface area contributed by atoms with E-state index in [9.17, 15) is 0 Å². The second kappa shape index (κ2) is 3.88. The van der Waals surface area contributed by atoms with Crippen LogP contribution >= 0.6 is 0 Å². The summed E-state index contributed by atoms with van der Waals surface area (Å²) in [5, 5.41) is 3.96. The van der Waals surface area contributed by atoms with Gasteiger partial charge in [0, 0.05) is 24.0 Å². The Bertz CT molecular complexity index is 440. The third kappa shape index (κ3) is 1.79. The summed E-state index contributed by atoms with van der Waals surface area (Å²) in [6.45, 7) is 4.61. The third-order valence-corrected chi connectivity index (χ3v) is 5.87. The highest BCUT2D eigenvalue weighted by Crippen LogP contribution is 2.62. The first-order chi connectivity index (χ1) is 9.09. The first-order valence-electron chi connectivity index (χ1n) is 8.00. The standard InChI is InChI=1S/C17H26N2/c1-12(2)19-17-8-13-5-14(9-17)7-16(6-13,11-17)15-3-4-18-10-15/h3-4,10,12-14,18-19H,5-9,11H2,1-2H3. The van der Waals surface area contributed by atoms with Gasteiger partial charge >= 0.3 is 0 Å². The maximum atomic E-state index is 3.96. The third-order valence-electron chi connectivity index (χ3n) is 5.87. The zero-order valence-electron chi connectivity index (χ0n) is 12.2. The normalized spacial score (nSPS) is 44.2. The van der Waals surface area contributed by atoms with E-state index in [2.05, 4.69) is 42.6 Å². The quantitative estimate of drug-likeness (QED) is 0.852. The summed E-state index contributed by atoms with van der Waals surface area (Å²) in [4.78, 5) is 3.29. The maximum Gasteiger partial charge on any atom is 0.0197 e. The Kier molecular flexibility index (Phi) is 2.45. The molecule has 0 saturated heterocycles. The predicted molar refractivity (Wildman–Crippen MR) is 78.2 cm³/mol. The van der Waals surface area contributed by atoms with E-state index in [1.807, 2.05) is 0 Å². The highest BCUT2D eigenvalue weighted by Gasteiger charge is 2.58. The molecular weight excluding hydrogens is 232 g/mol. The molecule has 2 heteroatoms. The SMILES string of the molecule is CC(C)NC12CC3CC(C1)CC(c1cc[nH]c1)(C3)C2. The summed E-state index contributed by atoms with van der Waals surface area (Å²) >= 11 is 0. The molecule has 4 aliphatic carbocycles. The molecule has 0 aromatic carbocycles. The molecule has 2 atom stereocenters. The number of rotatable bonds is 3. The summed E-state index contributed by atoms with van der Waals surface area (Å²) in [6, 6.07) is 2.94. The molecule has 2 N–H and O–H groups in total. The van der Waals surface area contributed by atoms with E-state index < -0.39 is 0 Å². The molecule has 4 bridgehead atoms. The molecule has 1 aromatic rings. The summed E-state index contributed by atoms with van der Waals surface area (Å²) in [6.07, 6.45) is 12.9. The topological polar surface area (TPSA) is 27.8 Å². The molecule has 1 heterocycles. The van der Waals surface area contributed by atoms with Crippen LogP contribution in [0.2, 0.25) is 0 Å². The van der Waals surface area contributed by atoms with Gasteiger partial charge in [-0.3, -0.25) is 0 Å². The molecule has 19 heavy (non-hydrogen) atoms. The van der Waals surface area contributed by atoms with Crippen LogP contribution in [0.1, 0.15) is 57.9 Å². The van der Waals surface area contributed by atoms with Crippen LogP contribution in [0.3, 0.4) is 0 Å². The van der Waals surface area contributed by atoms with E-state index in [4.69, 9.17) is 0 Å². The van der Waals surface area contributed by atoms with Crippen LogP contribution < -0.4 is 5.32 Å². The second-order valence-corrected chi connectivity index (χ2v) is 7.92. The fourth-order valence-corrected chi connectivity index (χ4v) is 6.04. The van der Waals surface area contributed by atoms with E-state index in [1.165, 1.54) is 38.5 Å². The van der Waals surface area contributed by atoms with Crippen molar-refractivity contribution in [2.24, 2.45) is 11.8 Å². The summed E-state index contributed by atoms with van der Waals surface area (Å²) in [7, 11) is 0. The van der Waals surface area contributed by atoms with Gasteiger partial charge in [0.05, 0.1) is 0 Å². The van der Waals surface area contributed by atoms with Crippen molar-refractivity contribution in [3.63, 3.8) is 0 Å². The van der Waals surface area contributed by atoms with E-state index in [0.29, 0.717) is 17.0 Å². The zero-order valence-corrected chi connectivity index (χ0v) is 12.2. The number of aromatic nitrogens is 1. The minimum Gasteiger partial charge on any atom is -0.367 e. The van der Waals surface area contributed by atoms with E-state index in [-0.39, 0.29) is 0 Å². The fourth-order valence-electron chi connectivity index (χ4n) is 6.04. The van der Waals surface area contributed by atoms with Crippen molar-refractivity contribution < 1.29 is 0 Å². The van der Waals surface area contributed by atoms with Gasteiger partial charge in [0.25, 0.3) is 0 Å². The largest absolute Gasteiger partial charge is 0.367 e. The molecule has 4 fully saturated rings. The molecule has 2 nitrogen and oxygen atoms in total. The number of nitrogens with one attached hydrogen (secondary N) is 2. The van der Waals surface area contributed by atoms with E-state index >= 15 is 0 Å². The summed E-state index contributed by atoms with van der Waals surface area (Å²) in [5.41, 5.74) is 2.50. The molecule has 104 valence electrons. The Morgan fingerprint density at radius 2 is 1.95 bits per heavy atom. The molecule has 4 aliphatic rings. The highest BCUT2D eigenvalue weighted by molar-refractivity contribution is 5.29. The van der Waals surface area contributed by atoms with Crippen molar-refractivity contribution in [3.05, 3.63) is 24.0 Å². The molecule has 0 aliphatic heterocycles. The van der Waals surface area contributed by atoms with Gasteiger partial charge in [-0.25, -0.2) is 0 Å². The Hall–Kier alpha value is -0.760. The maximum absolute atomic E-state index is 3.96. The lowest BCUT2D eigenvalue weighted by molar-refractivity contribution is -0.0439. The number of hydrogen-bond acceptors (Lipinski definition) is 1. The van der Waals surface area contributed by atoms with Crippen molar-refractivity contribution >= 4 is 0 Å². The highest BCUT2D eigenvalue weighted by atomic mass is 15.0. The van der Waals surface area contributed by atoms with Gasteiger partial charge in [-0.05, 0) is 67.4 Å². The van der Waals surface area contributed by atoms with Gasteiger partial charge in [-0.1, -0.05) is 13.8 Å². The minimum absolute atomic E-state index is 0.440. The molecule has 0 radical (unpaired) electrons.